The van der Waals surface area contributed by atoms with Gasteiger partial charge < -0.3 is 5.32 Å². The lowest BCUT2D eigenvalue weighted by Crippen LogP contribution is -2.38. The average Bonchev–Trinajstić information content (AvgIpc) is 3.29. The lowest BCUT2D eigenvalue weighted by Gasteiger charge is -2.26. The van der Waals surface area contributed by atoms with Crippen LogP contribution in [0.1, 0.15) is 47.0 Å². The predicted molar refractivity (Wildman–Crippen MR) is 105 cm³/mol. The summed E-state index contributed by atoms with van der Waals surface area (Å²) in [4.78, 5) is 16.5. The maximum Gasteiger partial charge on any atom is 0.161 e. The van der Waals surface area contributed by atoms with Crippen molar-refractivity contribution in [2.24, 2.45) is 15.5 Å². The molecule has 0 aromatic rings. The quantitative estimate of drug-likeness (QED) is 0.322. The first-order chi connectivity index (χ1) is 11.7. The van der Waals surface area contributed by atoms with Crippen molar-refractivity contribution in [2.45, 2.75) is 53.0 Å². The Morgan fingerprint density at radius 3 is 2.76 bits per heavy atom. The molecule has 1 heterocycles. The van der Waals surface area contributed by atoms with Crippen LogP contribution in [0.4, 0.5) is 0 Å². The van der Waals surface area contributed by atoms with E-state index in [0.29, 0.717) is 29.9 Å². The first kappa shape index (κ1) is 19.4. The van der Waals surface area contributed by atoms with Crippen molar-refractivity contribution < 1.29 is 4.79 Å². The minimum Gasteiger partial charge on any atom is -0.357 e. The van der Waals surface area contributed by atoms with Gasteiger partial charge in [-0.3, -0.25) is 9.79 Å². The van der Waals surface area contributed by atoms with E-state index in [2.05, 4.69) is 41.9 Å². The molecule has 5 nitrogen and oxygen atoms in total. The van der Waals surface area contributed by atoms with Crippen LogP contribution in [-0.2, 0) is 4.79 Å². The number of hydrogen-bond acceptors (Lipinski definition) is 4. The Hall–Kier alpha value is -1.88. The fourth-order valence-electron chi connectivity index (χ4n) is 2.41. The van der Waals surface area contributed by atoms with E-state index in [1.807, 2.05) is 18.1 Å². The summed E-state index contributed by atoms with van der Waals surface area (Å²) >= 11 is 6.06. The van der Waals surface area contributed by atoms with Gasteiger partial charge >= 0.3 is 0 Å². The standard InChI is InChI=1S/C19H27ClN4O/c1-13(2)16(25)8-14(3)10-19(4,5)11-22-24-12-21-17(20)9-18(24)23-15-6-7-15/h9-11,15,21H,1,6-8,12H2,2-5H3/b14-10-,22-11-,23-18?. The minimum atomic E-state index is -0.283. The van der Waals surface area contributed by atoms with Gasteiger partial charge in [0, 0.05) is 24.1 Å². The van der Waals surface area contributed by atoms with Crippen LogP contribution in [-0.4, -0.2) is 35.6 Å². The topological polar surface area (TPSA) is 57.1 Å². The number of nitrogens with one attached hydrogen (secondary N) is 1. The number of carbonyl (C=O) groups excluding carboxylic acids is 1. The number of hydrazone groups is 1. The van der Waals surface area contributed by atoms with Crippen molar-refractivity contribution in [2.75, 3.05) is 6.67 Å². The molecule has 0 spiro atoms. The largest absolute Gasteiger partial charge is 0.357 e. The Bertz CT molecular complexity index is 669. The number of Topliss-reactive ketones (excluding diaryl/α,β-unsaturated/α-hetero) is 1. The molecular weight excluding hydrogens is 336 g/mol. The average molecular weight is 363 g/mol. The van der Waals surface area contributed by atoms with E-state index in [4.69, 9.17) is 11.6 Å². The van der Waals surface area contributed by atoms with E-state index in [-0.39, 0.29) is 11.2 Å². The fraction of sp³-hybridized carbons (Fsp3) is 0.526. The maximum absolute atomic E-state index is 11.8. The second-order valence-corrected chi connectivity index (χ2v) is 7.79. The lowest BCUT2D eigenvalue weighted by atomic mass is 9.91. The van der Waals surface area contributed by atoms with Crippen molar-refractivity contribution in [1.29, 1.82) is 0 Å². The molecule has 0 saturated heterocycles. The van der Waals surface area contributed by atoms with Crippen molar-refractivity contribution in [3.8, 4) is 0 Å². The van der Waals surface area contributed by atoms with Gasteiger partial charge in [-0.2, -0.15) is 5.10 Å². The van der Waals surface area contributed by atoms with Gasteiger partial charge in [0.25, 0.3) is 0 Å². The molecule has 25 heavy (non-hydrogen) atoms. The smallest absolute Gasteiger partial charge is 0.161 e. The van der Waals surface area contributed by atoms with Crippen LogP contribution in [0.2, 0.25) is 0 Å². The molecular formula is C19H27ClN4O. The number of ketones is 1. The van der Waals surface area contributed by atoms with Crippen molar-refractivity contribution >= 4 is 29.4 Å². The highest BCUT2D eigenvalue weighted by Crippen LogP contribution is 2.25. The highest BCUT2D eigenvalue weighted by molar-refractivity contribution is 6.31. The first-order valence-corrected chi connectivity index (χ1v) is 8.92. The summed E-state index contributed by atoms with van der Waals surface area (Å²) in [6.07, 6.45) is 8.40. The van der Waals surface area contributed by atoms with Gasteiger partial charge in [-0.1, -0.05) is 43.7 Å². The molecule has 136 valence electrons. The molecule has 0 radical (unpaired) electrons. The monoisotopic (exact) mass is 362 g/mol. The van der Waals surface area contributed by atoms with Crippen LogP contribution in [0.3, 0.4) is 0 Å². The van der Waals surface area contributed by atoms with Gasteiger partial charge in [-0.15, -0.1) is 0 Å². The maximum atomic E-state index is 11.8. The van der Waals surface area contributed by atoms with E-state index < -0.39 is 0 Å². The third-order valence-corrected chi connectivity index (χ3v) is 4.09. The van der Waals surface area contributed by atoms with Crippen molar-refractivity contribution in [3.05, 3.63) is 35.0 Å². The number of amidine groups is 1. The molecule has 6 heteroatoms. The van der Waals surface area contributed by atoms with Crippen molar-refractivity contribution in [3.63, 3.8) is 0 Å². The Balaban J connectivity index is 2.07. The number of nitrogens with zero attached hydrogens (tertiary/aromatic N) is 3. The third-order valence-electron chi connectivity index (χ3n) is 3.84. The summed E-state index contributed by atoms with van der Waals surface area (Å²) in [6.45, 7) is 12.0. The van der Waals surface area contributed by atoms with E-state index in [1.165, 1.54) is 0 Å². The Labute approximate surface area is 155 Å². The van der Waals surface area contributed by atoms with Crippen LogP contribution in [0, 0.1) is 5.41 Å². The van der Waals surface area contributed by atoms with Gasteiger partial charge in [-0.05, 0) is 32.3 Å². The summed E-state index contributed by atoms with van der Waals surface area (Å²) < 4.78 is 0. The summed E-state index contributed by atoms with van der Waals surface area (Å²) in [5, 5.41) is 10.0. The Morgan fingerprint density at radius 1 is 1.48 bits per heavy atom. The van der Waals surface area contributed by atoms with Gasteiger partial charge in [0.1, 0.15) is 17.7 Å². The molecule has 2 aliphatic rings. The molecule has 2 rings (SSSR count). The molecule has 0 aromatic carbocycles. The zero-order chi connectivity index (χ0) is 18.6. The summed E-state index contributed by atoms with van der Waals surface area (Å²) in [5.41, 5.74) is 1.31. The first-order valence-electron chi connectivity index (χ1n) is 8.55. The number of carbonyl (C=O) groups is 1. The van der Waals surface area contributed by atoms with Crippen LogP contribution in [0.25, 0.3) is 0 Å². The number of hydrogen-bond donors (Lipinski definition) is 1. The van der Waals surface area contributed by atoms with Crippen LogP contribution >= 0.6 is 11.6 Å². The molecule has 0 aromatic heterocycles. The van der Waals surface area contributed by atoms with E-state index in [9.17, 15) is 4.79 Å². The number of halogens is 1. The minimum absolute atomic E-state index is 0.0698. The fourth-order valence-corrected chi connectivity index (χ4v) is 2.57. The molecule has 0 bridgehead atoms. The molecule has 1 N–H and O–H groups in total. The van der Waals surface area contributed by atoms with Crippen LogP contribution < -0.4 is 5.32 Å². The molecule has 0 atom stereocenters. The molecule has 1 aliphatic heterocycles. The highest BCUT2D eigenvalue weighted by Gasteiger charge is 2.24. The molecule has 1 saturated carbocycles. The molecule has 1 fully saturated rings. The second-order valence-electron chi connectivity index (χ2n) is 7.38. The second kappa shape index (κ2) is 8.00. The van der Waals surface area contributed by atoms with Crippen LogP contribution in [0.5, 0.6) is 0 Å². The number of rotatable bonds is 7. The predicted octanol–water partition coefficient (Wildman–Crippen LogP) is 3.98. The van der Waals surface area contributed by atoms with E-state index >= 15 is 0 Å². The van der Waals surface area contributed by atoms with Gasteiger partial charge in [-0.25, -0.2) is 5.01 Å². The zero-order valence-corrected chi connectivity index (χ0v) is 16.2. The third kappa shape index (κ3) is 6.50. The van der Waals surface area contributed by atoms with Gasteiger partial charge in [0.2, 0.25) is 0 Å². The van der Waals surface area contributed by atoms with E-state index in [0.717, 1.165) is 24.3 Å². The summed E-state index contributed by atoms with van der Waals surface area (Å²) in [7, 11) is 0. The Kier molecular flexibility index (Phi) is 6.22. The molecule has 1 aliphatic carbocycles. The van der Waals surface area contributed by atoms with Gasteiger partial charge in [0.15, 0.2) is 5.78 Å². The van der Waals surface area contributed by atoms with E-state index in [1.54, 1.807) is 13.0 Å². The lowest BCUT2D eigenvalue weighted by molar-refractivity contribution is -0.114. The van der Waals surface area contributed by atoms with Crippen LogP contribution in [0.15, 0.2) is 45.1 Å². The summed E-state index contributed by atoms with van der Waals surface area (Å²) in [5.74, 6) is 0.858. The zero-order valence-electron chi connectivity index (χ0n) is 15.5. The van der Waals surface area contributed by atoms with Gasteiger partial charge in [0.05, 0.1) is 6.04 Å². The summed E-state index contributed by atoms with van der Waals surface area (Å²) in [6, 6.07) is 0.398. The Morgan fingerprint density at radius 2 is 2.16 bits per heavy atom. The molecule has 0 amide bonds. The normalized spacial score (nSPS) is 20.7. The molecule has 0 unspecified atom stereocenters. The highest BCUT2D eigenvalue weighted by atomic mass is 35.5. The SMILES string of the molecule is C=C(C)C(=O)C/C(C)=C\C(C)(C)/C=N\N1CNC(Cl)=CC1=NC1CC1. The number of allylic oxidation sites excluding steroid dienone is 3. The van der Waals surface area contributed by atoms with Crippen molar-refractivity contribution in [1.82, 2.24) is 10.3 Å². The number of aliphatic imine (C=N–C) groups is 1.